The van der Waals surface area contributed by atoms with Crippen LogP contribution in [0, 0.1) is 13.8 Å². The Balaban J connectivity index is 1.48. The van der Waals surface area contributed by atoms with Crippen LogP contribution in [0.5, 0.6) is 0 Å². The molecule has 39 heavy (non-hydrogen) atoms. The highest BCUT2D eigenvalue weighted by atomic mass is 35.5. The van der Waals surface area contributed by atoms with Crippen molar-refractivity contribution in [2.45, 2.75) is 57.5 Å². The van der Waals surface area contributed by atoms with E-state index in [1.807, 2.05) is 18.0 Å². The molecule has 2 N–H and O–H groups in total. The third-order valence-corrected chi connectivity index (χ3v) is 9.72. The predicted octanol–water partition coefficient (Wildman–Crippen LogP) is 4.08. The molecule has 2 aromatic heterocycles. The third kappa shape index (κ3) is 4.35. The van der Waals surface area contributed by atoms with Crippen LogP contribution in [-0.2, 0) is 4.79 Å². The van der Waals surface area contributed by atoms with Gasteiger partial charge in [-0.2, -0.15) is 10.2 Å². The lowest BCUT2D eigenvalue weighted by Crippen LogP contribution is -2.66. The molecule has 0 atom stereocenters. The number of aliphatic hydroxyl groups is 1. The van der Waals surface area contributed by atoms with Gasteiger partial charge in [0.2, 0.25) is 5.91 Å². The Labute approximate surface area is 234 Å². The number of carbonyl (C=O) groups is 1. The first-order chi connectivity index (χ1) is 18.9. The van der Waals surface area contributed by atoms with E-state index in [9.17, 15) is 9.90 Å². The van der Waals surface area contributed by atoms with Crippen LogP contribution in [-0.4, -0.2) is 92.2 Å². The van der Waals surface area contributed by atoms with Crippen molar-refractivity contribution in [1.29, 1.82) is 0 Å². The van der Waals surface area contributed by atoms with E-state index in [0.717, 1.165) is 89.4 Å². The summed E-state index contributed by atoms with van der Waals surface area (Å²) in [6, 6.07) is 2.25. The van der Waals surface area contributed by atoms with Gasteiger partial charge in [-0.3, -0.25) is 19.5 Å². The summed E-state index contributed by atoms with van der Waals surface area (Å²) in [6.45, 7) is 12.8. The van der Waals surface area contributed by atoms with Gasteiger partial charge in [0.1, 0.15) is 0 Å². The number of benzene rings is 1. The minimum atomic E-state index is -0.00594. The number of halogens is 1. The van der Waals surface area contributed by atoms with Crippen LogP contribution in [0.25, 0.3) is 22.0 Å². The number of amides is 1. The number of hydrogen-bond donors (Lipinski definition) is 2. The van der Waals surface area contributed by atoms with Crippen LogP contribution >= 0.6 is 11.6 Å². The third-order valence-electron chi connectivity index (χ3n) is 9.23. The van der Waals surface area contributed by atoms with Gasteiger partial charge in [-0.05, 0) is 63.7 Å². The number of aryl methyl sites for hydroxylation is 1. The molecule has 4 heterocycles. The molecular weight excluding hydrogens is 514 g/mol. The molecule has 0 bridgehead atoms. The number of β-amino-alcohol motifs (C(OH)–C–C–N with tert-alkyl or cyclic N) is 1. The molecule has 1 aromatic carbocycles. The van der Waals surface area contributed by atoms with Crippen molar-refractivity contribution in [3.63, 3.8) is 0 Å². The lowest BCUT2D eigenvalue weighted by molar-refractivity contribution is -0.127. The molecule has 1 amide bonds. The van der Waals surface area contributed by atoms with E-state index in [2.05, 4.69) is 44.2 Å². The second-order valence-electron chi connectivity index (χ2n) is 11.4. The standard InChI is InChI=1S/C29H38ClN7O2/c1-4-24(39)35-10-6-21(7-11-35)37-20(3)25(26-22-17-31-32-23(22)16-19(2)27(26)30)28(33-37)36-13-12-34(14-15-38)18-29(36)8-5-9-29/h4,16-17,21,38H,1,5-15,18H2,2-3H3,(H,31,32). The summed E-state index contributed by atoms with van der Waals surface area (Å²) >= 11 is 7.11. The second kappa shape index (κ2) is 10.3. The lowest BCUT2D eigenvalue weighted by Gasteiger charge is -2.56. The largest absolute Gasteiger partial charge is 0.395 e. The van der Waals surface area contributed by atoms with E-state index in [0.29, 0.717) is 19.6 Å². The zero-order chi connectivity index (χ0) is 27.3. The Morgan fingerprint density at radius 3 is 2.67 bits per heavy atom. The summed E-state index contributed by atoms with van der Waals surface area (Å²) in [7, 11) is 0. The summed E-state index contributed by atoms with van der Waals surface area (Å²) in [5, 5.41) is 24.3. The summed E-state index contributed by atoms with van der Waals surface area (Å²) in [4.78, 5) is 19.0. The molecule has 2 saturated heterocycles. The fraction of sp³-hybridized carbons (Fsp3) is 0.552. The zero-order valence-electron chi connectivity index (χ0n) is 22.9. The molecule has 208 valence electrons. The number of anilines is 1. The molecule has 3 aromatic rings. The Bertz CT molecular complexity index is 1400. The predicted molar refractivity (Wildman–Crippen MR) is 154 cm³/mol. The van der Waals surface area contributed by atoms with Crippen molar-refractivity contribution in [2.75, 3.05) is 50.8 Å². The number of nitrogens with one attached hydrogen (secondary N) is 1. The number of H-pyrrole nitrogens is 1. The Morgan fingerprint density at radius 1 is 1.23 bits per heavy atom. The molecule has 3 fully saturated rings. The molecule has 0 radical (unpaired) electrons. The van der Waals surface area contributed by atoms with Gasteiger partial charge in [-0.25, -0.2) is 0 Å². The van der Waals surface area contributed by atoms with E-state index in [4.69, 9.17) is 16.7 Å². The fourth-order valence-corrected chi connectivity index (χ4v) is 7.23. The molecule has 10 heteroatoms. The van der Waals surface area contributed by atoms with Crippen molar-refractivity contribution < 1.29 is 9.90 Å². The van der Waals surface area contributed by atoms with E-state index >= 15 is 0 Å². The van der Waals surface area contributed by atoms with Crippen LogP contribution in [0.1, 0.15) is 49.4 Å². The maximum atomic E-state index is 12.2. The van der Waals surface area contributed by atoms with Gasteiger partial charge in [0, 0.05) is 61.5 Å². The molecule has 1 saturated carbocycles. The highest BCUT2D eigenvalue weighted by molar-refractivity contribution is 6.36. The number of fused-ring (bicyclic) bond motifs is 1. The average molecular weight is 552 g/mol. The van der Waals surface area contributed by atoms with Gasteiger partial charge >= 0.3 is 0 Å². The Hall–Kier alpha value is -2.88. The highest BCUT2D eigenvalue weighted by Gasteiger charge is 2.48. The fourth-order valence-electron chi connectivity index (χ4n) is 6.98. The molecule has 1 aliphatic carbocycles. The smallest absolute Gasteiger partial charge is 0.245 e. The minimum Gasteiger partial charge on any atom is -0.395 e. The minimum absolute atomic E-state index is 0.00594. The molecule has 3 aliphatic rings. The topological polar surface area (TPSA) is 93.5 Å². The van der Waals surface area contributed by atoms with Gasteiger partial charge < -0.3 is 14.9 Å². The lowest BCUT2D eigenvalue weighted by atomic mass is 9.73. The first-order valence-electron chi connectivity index (χ1n) is 14.1. The summed E-state index contributed by atoms with van der Waals surface area (Å²) in [5.74, 6) is 0.990. The van der Waals surface area contributed by atoms with Gasteiger partial charge in [-0.15, -0.1) is 0 Å². The second-order valence-corrected chi connectivity index (χ2v) is 11.8. The number of rotatable bonds is 6. The number of aliphatic hydroxyl groups excluding tert-OH is 1. The molecule has 9 nitrogen and oxygen atoms in total. The van der Waals surface area contributed by atoms with Crippen LogP contribution in [0.2, 0.25) is 5.02 Å². The van der Waals surface area contributed by atoms with Gasteiger partial charge in [-0.1, -0.05) is 18.2 Å². The van der Waals surface area contributed by atoms with Gasteiger partial charge in [0.25, 0.3) is 0 Å². The van der Waals surface area contributed by atoms with Crippen LogP contribution in [0.4, 0.5) is 5.82 Å². The van der Waals surface area contributed by atoms with E-state index in [1.54, 1.807) is 0 Å². The first kappa shape index (κ1) is 26.3. The number of piperidine rings is 1. The summed E-state index contributed by atoms with van der Waals surface area (Å²) < 4.78 is 2.21. The van der Waals surface area contributed by atoms with Gasteiger partial charge in [0.15, 0.2) is 5.82 Å². The zero-order valence-corrected chi connectivity index (χ0v) is 23.7. The number of carbonyl (C=O) groups excluding carboxylic acids is 1. The number of piperazine rings is 1. The molecule has 6 rings (SSSR count). The normalized spacial score (nSPS) is 20.1. The summed E-state index contributed by atoms with van der Waals surface area (Å²) in [5.41, 5.74) is 5.16. The molecular formula is C29H38ClN7O2. The molecule has 0 unspecified atom stereocenters. The SMILES string of the molecule is C=CC(=O)N1CCC(n2nc(N3CCN(CCO)CC34CCC4)c(-c3c(Cl)c(C)cc4[nH]ncc34)c2C)CC1. The monoisotopic (exact) mass is 551 g/mol. The van der Waals surface area contributed by atoms with Crippen LogP contribution < -0.4 is 4.90 Å². The van der Waals surface area contributed by atoms with E-state index < -0.39 is 0 Å². The van der Waals surface area contributed by atoms with Crippen LogP contribution in [0.3, 0.4) is 0 Å². The first-order valence-corrected chi connectivity index (χ1v) is 14.5. The quantitative estimate of drug-likeness (QED) is 0.448. The number of hydrogen-bond acceptors (Lipinski definition) is 6. The van der Waals surface area contributed by atoms with Gasteiger partial charge in [0.05, 0.1) is 34.9 Å². The van der Waals surface area contributed by atoms with E-state index in [1.165, 1.54) is 12.5 Å². The van der Waals surface area contributed by atoms with Crippen molar-refractivity contribution in [3.8, 4) is 11.1 Å². The number of nitrogens with zero attached hydrogens (tertiary/aromatic N) is 6. The van der Waals surface area contributed by atoms with Crippen molar-refractivity contribution in [1.82, 2.24) is 29.8 Å². The molecule has 2 aliphatic heterocycles. The summed E-state index contributed by atoms with van der Waals surface area (Å²) in [6.07, 6.45) is 8.40. The van der Waals surface area contributed by atoms with Crippen molar-refractivity contribution in [3.05, 3.63) is 41.2 Å². The Morgan fingerprint density at radius 2 is 2.00 bits per heavy atom. The number of aromatic amines is 1. The van der Waals surface area contributed by atoms with Crippen molar-refractivity contribution >= 4 is 34.2 Å². The van der Waals surface area contributed by atoms with Crippen LogP contribution in [0.15, 0.2) is 24.9 Å². The maximum absolute atomic E-state index is 12.2. The maximum Gasteiger partial charge on any atom is 0.245 e. The number of likely N-dealkylation sites (tertiary alicyclic amines) is 1. The average Bonchev–Trinajstić information content (AvgIpc) is 3.52. The Kier molecular flexibility index (Phi) is 6.93. The van der Waals surface area contributed by atoms with E-state index in [-0.39, 0.29) is 24.1 Å². The number of aromatic nitrogens is 4. The molecule has 1 spiro atoms. The van der Waals surface area contributed by atoms with Crippen molar-refractivity contribution in [2.24, 2.45) is 0 Å². The highest BCUT2D eigenvalue weighted by Crippen LogP contribution is 2.49.